The second kappa shape index (κ2) is 8.49. The van der Waals surface area contributed by atoms with Crippen LogP contribution >= 0.6 is 0 Å². The SMILES string of the molecule is O=C(CCn1cnc2c(=O)[nH]cnc21)Nc1ccc(C(=O)O)cc1.[KH]. The molecule has 0 spiro atoms. The molecule has 2 aromatic heterocycles. The number of carbonyl (C=O) groups excluding carboxylic acids is 1. The Bertz CT molecular complexity index is 964. The Balaban J connectivity index is 0.00000225. The van der Waals surface area contributed by atoms with E-state index in [-0.39, 0.29) is 80.4 Å². The summed E-state index contributed by atoms with van der Waals surface area (Å²) in [7, 11) is 0. The Morgan fingerprint density at radius 3 is 2.60 bits per heavy atom. The second-order valence-corrected chi connectivity index (χ2v) is 5.02. The third-order valence-corrected chi connectivity index (χ3v) is 3.40. The van der Waals surface area contributed by atoms with Crippen LogP contribution in [0.25, 0.3) is 11.2 Å². The first-order chi connectivity index (χ1) is 11.5. The van der Waals surface area contributed by atoms with Crippen LogP contribution in [0.15, 0.2) is 41.7 Å². The molecule has 3 aromatic rings. The molecule has 0 aliphatic rings. The molecule has 0 unspecified atom stereocenters. The summed E-state index contributed by atoms with van der Waals surface area (Å²) in [6, 6.07) is 5.87. The average Bonchev–Trinajstić information content (AvgIpc) is 2.98. The fourth-order valence-electron chi connectivity index (χ4n) is 2.20. The summed E-state index contributed by atoms with van der Waals surface area (Å²) in [5, 5.41) is 11.5. The van der Waals surface area contributed by atoms with E-state index in [9.17, 15) is 14.4 Å². The Kier molecular flexibility index (Phi) is 6.61. The molecular formula is C15H14KN5O4. The molecule has 0 aliphatic carbocycles. The molecule has 3 N–H and O–H groups in total. The zero-order valence-electron chi connectivity index (χ0n) is 12.4. The number of H-pyrrole nitrogens is 1. The van der Waals surface area contributed by atoms with Gasteiger partial charge in [-0.1, -0.05) is 0 Å². The molecule has 0 aliphatic heterocycles. The summed E-state index contributed by atoms with van der Waals surface area (Å²) in [5.41, 5.74) is 0.963. The number of benzene rings is 1. The predicted molar refractivity (Wildman–Crippen MR) is 91.9 cm³/mol. The van der Waals surface area contributed by atoms with Crippen molar-refractivity contribution in [2.24, 2.45) is 0 Å². The number of hydrogen-bond acceptors (Lipinski definition) is 5. The molecule has 25 heavy (non-hydrogen) atoms. The van der Waals surface area contributed by atoms with Crippen LogP contribution in [0.5, 0.6) is 0 Å². The number of rotatable bonds is 5. The van der Waals surface area contributed by atoms with Crippen LogP contribution < -0.4 is 10.9 Å². The van der Waals surface area contributed by atoms with E-state index in [1.165, 1.54) is 36.9 Å². The molecule has 0 saturated carbocycles. The van der Waals surface area contributed by atoms with Crippen LogP contribution in [-0.4, -0.2) is 87.9 Å². The van der Waals surface area contributed by atoms with E-state index in [1.54, 1.807) is 4.57 Å². The van der Waals surface area contributed by atoms with Gasteiger partial charge < -0.3 is 20.0 Å². The van der Waals surface area contributed by atoms with Crippen molar-refractivity contribution in [2.75, 3.05) is 5.32 Å². The minimum absolute atomic E-state index is 0. The maximum absolute atomic E-state index is 12.0. The van der Waals surface area contributed by atoms with Crippen molar-refractivity contribution in [3.05, 3.63) is 52.8 Å². The Morgan fingerprint density at radius 2 is 1.92 bits per heavy atom. The number of nitrogens with zero attached hydrogens (tertiary/aromatic N) is 3. The number of aromatic amines is 1. The zero-order valence-corrected chi connectivity index (χ0v) is 12.4. The number of aromatic nitrogens is 4. The van der Waals surface area contributed by atoms with Gasteiger partial charge in [-0.15, -0.1) is 0 Å². The maximum atomic E-state index is 12.0. The molecule has 10 heteroatoms. The molecule has 124 valence electrons. The average molecular weight is 367 g/mol. The standard InChI is InChI=1S/C15H13N5O4.K.H/c21-11(19-10-3-1-9(2-4-10)15(23)24)5-6-20-8-18-12-13(20)16-7-17-14(12)22;;/h1-4,7-8H,5-6H2,(H,19,21)(H,23,24)(H,16,17,22);;. The van der Waals surface area contributed by atoms with E-state index in [0.717, 1.165) is 0 Å². The molecular weight excluding hydrogens is 353 g/mol. The number of fused-ring (bicyclic) bond motifs is 1. The Labute approximate surface area is 183 Å². The predicted octanol–water partition coefficient (Wildman–Crippen LogP) is 0.198. The van der Waals surface area contributed by atoms with Gasteiger partial charge in [0.15, 0.2) is 11.2 Å². The van der Waals surface area contributed by atoms with E-state index < -0.39 is 5.97 Å². The monoisotopic (exact) mass is 367 g/mol. The number of carboxylic acid groups (broad SMARTS) is 1. The van der Waals surface area contributed by atoms with Gasteiger partial charge in [0.2, 0.25) is 5.91 Å². The first-order valence-electron chi connectivity index (χ1n) is 7.06. The fourth-order valence-corrected chi connectivity index (χ4v) is 2.20. The van der Waals surface area contributed by atoms with E-state index >= 15 is 0 Å². The molecule has 0 saturated heterocycles. The van der Waals surface area contributed by atoms with Crippen LogP contribution in [0.1, 0.15) is 16.8 Å². The molecule has 0 fully saturated rings. The number of anilines is 1. The summed E-state index contributed by atoms with van der Waals surface area (Å²) in [5.74, 6) is -1.27. The van der Waals surface area contributed by atoms with E-state index in [1.807, 2.05) is 0 Å². The molecule has 1 amide bonds. The van der Waals surface area contributed by atoms with Gasteiger partial charge in [0, 0.05) is 18.7 Å². The summed E-state index contributed by atoms with van der Waals surface area (Å²) in [4.78, 5) is 44.8. The van der Waals surface area contributed by atoms with Gasteiger partial charge in [0.1, 0.15) is 0 Å². The normalized spacial score (nSPS) is 10.2. The molecule has 0 radical (unpaired) electrons. The third-order valence-electron chi connectivity index (χ3n) is 3.40. The van der Waals surface area contributed by atoms with Crippen molar-refractivity contribution in [2.45, 2.75) is 13.0 Å². The topological polar surface area (TPSA) is 130 Å². The fraction of sp³-hybridized carbons (Fsp3) is 0.133. The number of aromatic carboxylic acids is 1. The van der Waals surface area contributed by atoms with Crippen molar-refractivity contribution in [1.82, 2.24) is 19.5 Å². The quantitative estimate of drug-likeness (QED) is 0.552. The molecule has 0 bridgehead atoms. The number of imidazole rings is 1. The van der Waals surface area contributed by atoms with Crippen LogP contribution in [0.3, 0.4) is 0 Å². The number of hydrogen-bond donors (Lipinski definition) is 3. The summed E-state index contributed by atoms with van der Waals surface area (Å²) in [6.07, 6.45) is 2.90. The number of nitrogens with one attached hydrogen (secondary N) is 2. The van der Waals surface area contributed by atoms with Crippen molar-refractivity contribution >= 4 is 80.1 Å². The molecule has 1 aromatic carbocycles. The summed E-state index contributed by atoms with van der Waals surface area (Å²) >= 11 is 0. The first-order valence-corrected chi connectivity index (χ1v) is 7.06. The van der Waals surface area contributed by atoms with Gasteiger partial charge in [-0.2, -0.15) is 0 Å². The van der Waals surface area contributed by atoms with Crippen LogP contribution in [0.4, 0.5) is 5.69 Å². The van der Waals surface area contributed by atoms with Gasteiger partial charge in [-0.25, -0.2) is 14.8 Å². The van der Waals surface area contributed by atoms with Gasteiger partial charge in [0.05, 0.1) is 18.2 Å². The van der Waals surface area contributed by atoms with Crippen molar-refractivity contribution < 1.29 is 14.7 Å². The molecule has 0 atom stereocenters. The number of amides is 1. The Hall–Kier alpha value is -1.85. The van der Waals surface area contributed by atoms with E-state index in [4.69, 9.17) is 5.11 Å². The molecule has 3 rings (SSSR count). The number of carboxylic acids is 1. The summed E-state index contributed by atoms with van der Waals surface area (Å²) < 4.78 is 1.62. The number of aryl methyl sites for hydroxylation is 1. The van der Waals surface area contributed by atoms with Crippen molar-refractivity contribution in [1.29, 1.82) is 0 Å². The van der Waals surface area contributed by atoms with Crippen molar-refractivity contribution in [3.8, 4) is 0 Å². The molecule has 9 nitrogen and oxygen atoms in total. The second-order valence-electron chi connectivity index (χ2n) is 5.02. The van der Waals surface area contributed by atoms with Gasteiger partial charge in [-0.05, 0) is 24.3 Å². The summed E-state index contributed by atoms with van der Waals surface area (Å²) in [6.45, 7) is 0.312. The third kappa shape index (κ3) is 4.61. The Morgan fingerprint density at radius 1 is 1.20 bits per heavy atom. The van der Waals surface area contributed by atoms with Crippen molar-refractivity contribution in [3.63, 3.8) is 0 Å². The first kappa shape index (κ1) is 19.5. The van der Waals surface area contributed by atoms with Gasteiger partial charge >= 0.3 is 57.4 Å². The molecule has 2 heterocycles. The zero-order chi connectivity index (χ0) is 17.1. The van der Waals surface area contributed by atoms with Gasteiger partial charge in [-0.3, -0.25) is 9.59 Å². The van der Waals surface area contributed by atoms with Crippen LogP contribution in [0.2, 0.25) is 0 Å². The van der Waals surface area contributed by atoms with Crippen LogP contribution in [-0.2, 0) is 11.3 Å². The van der Waals surface area contributed by atoms with Crippen LogP contribution in [0, 0.1) is 0 Å². The number of carbonyl (C=O) groups is 2. The van der Waals surface area contributed by atoms with E-state index in [0.29, 0.717) is 17.9 Å². The van der Waals surface area contributed by atoms with Gasteiger partial charge in [0.25, 0.3) is 5.56 Å². The van der Waals surface area contributed by atoms with E-state index in [2.05, 4.69) is 20.3 Å². The minimum atomic E-state index is -1.03.